The Labute approximate surface area is 436 Å². The van der Waals surface area contributed by atoms with Gasteiger partial charge in [0.2, 0.25) is 53.2 Å². The summed E-state index contributed by atoms with van der Waals surface area (Å²) in [5, 5.41) is 65.4. The maximum atomic E-state index is 14.5. The minimum absolute atomic E-state index is 0.0764. The molecule has 0 fully saturated rings. The van der Waals surface area contributed by atoms with Gasteiger partial charge in [0.05, 0.1) is 19.1 Å². The molecular weight excluding hydrogens is 997 g/mol. The predicted molar refractivity (Wildman–Crippen MR) is 269 cm³/mol. The van der Waals surface area contributed by atoms with E-state index in [4.69, 9.17) is 22.3 Å². The molecule has 0 aliphatic carbocycles. The number of nitrogens with one attached hydrogen (secondary N) is 7. The number of aliphatic hydroxyl groups excluding tert-OH is 1. The first-order chi connectivity index (χ1) is 35.8. The van der Waals surface area contributed by atoms with Crippen LogP contribution in [0, 0.1) is 5.92 Å². The van der Waals surface area contributed by atoms with Crippen LogP contribution in [0.2, 0.25) is 0 Å². The summed E-state index contributed by atoms with van der Waals surface area (Å²) in [6.45, 7) is 2.35. The lowest BCUT2D eigenvalue weighted by Crippen LogP contribution is -2.61. The molecule has 0 radical (unpaired) electrons. The molecule has 0 unspecified atom stereocenters. The Hall–Kier alpha value is -8.65. The van der Waals surface area contributed by atoms with E-state index in [9.17, 15) is 73.2 Å². The zero-order valence-electron chi connectivity index (χ0n) is 41.7. The largest absolute Gasteiger partial charge is 0.508 e. The Morgan fingerprint density at radius 2 is 0.855 bits per heavy atom. The Morgan fingerprint density at radius 1 is 0.461 bits per heavy atom. The van der Waals surface area contributed by atoms with Gasteiger partial charge < -0.3 is 80.0 Å². The predicted octanol–water partition coefficient (Wildman–Crippen LogP) is -3.02. The van der Waals surface area contributed by atoms with Gasteiger partial charge in [0.1, 0.15) is 53.8 Å². The van der Waals surface area contributed by atoms with Gasteiger partial charge in [-0.2, -0.15) is 0 Å². The molecule has 0 spiro atoms. The number of primary amides is 2. The lowest BCUT2D eigenvalue weighted by Gasteiger charge is -2.28. The fraction of sp³-hybridized carbons (Fsp3) is 0.420. The van der Waals surface area contributed by atoms with E-state index in [2.05, 4.69) is 37.2 Å². The highest BCUT2D eigenvalue weighted by Gasteiger charge is 2.35. The van der Waals surface area contributed by atoms with Crippen molar-refractivity contribution in [1.29, 1.82) is 0 Å². The number of hydrogen-bond donors (Lipinski definition) is 15. The van der Waals surface area contributed by atoms with E-state index in [1.54, 1.807) is 44.2 Å². The number of benzene rings is 3. The molecule has 0 saturated heterocycles. The molecular formula is C50H66N10O16. The summed E-state index contributed by atoms with van der Waals surface area (Å²) < 4.78 is 0. The van der Waals surface area contributed by atoms with E-state index in [1.165, 1.54) is 48.5 Å². The standard InChI is InChI=1S/C50H66N10O16/c1-26(2)20-34(56-48(73)37(24-41(53)65)55-43(68)32(51)16-19-42(66)67)45(70)57-36(22-28-8-12-30(62)13-9-28)47(72)58-35(21-27-6-4-3-5-7-27)46(71)54-33(17-18-40(52)64)44(69)60-39(25-61)49(74)59-38(50(75)76)23-29-10-14-31(63)15-11-29/h3-15,26,32-39,61-63H,16-25,51H2,1-2H3,(H2,52,64)(H2,53,65)(H,54,71)(H,55,68)(H,56,73)(H,57,70)(H,58,72)(H,59,74)(H,60,69)(H,66,67)(H,75,76)/t32-,33-,34-,35-,36-,37-,38-,39-/m0/s1. The molecule has 18 N–H and O–H groups in total. The highest BCUT2D eigenvalue weighted by Crippen LogP contribution is 2.15. The molecule has 0 bridgehead atoms. The van der Waals surface area contributed by atoms with Gasteiger partial charge in [-0.25, -0.2) is 4.79 Å². The molecule has 8 atom stereocenters. The number of carboxylic acids is 2. The van der Waals surface area contributed by atoms with E-state index in [1.807, 2.05) is 0 Å². The highest BCUT2D eigenvalue weighted by molar-refractivity contribution is 5.98. The van der Waals surface area contributed by atoms with Gasteiger partial charge >= 0.3 is 11.9 Å². The van der Waals surface area contributed by atoms with Crippen LogP contribution in [0.3, 0.4) is 0 Å². The molecule has 9 amide bonds. The molecule has 76 heavy (non-hydrogen) atoms. The molecule has 0 saturated carbocycles. The van der Waals surface area contributed by atoms with Gasteiger partial charge in [0.15, 0.2) is 0 Å². The van der Waals surface area contributed by atoms with Crippen molar-refractivity contribution >= 4 is 65.1 Å². The van der Waals surface area contributed by atoms with Gasteiger partial charge in [-0.1, -0.05) is 68.4 Å². The molecule has 26 nitrogen and oxygen atoms in total. The third-order valence-electron chi connectivity index (χ3n) is 11.4. The van der Waals surface area contributed by atoms with Gasteiger partial charge in [0, 0.05) is 32.1 Å². The average Bonchev–Trinajstić information content (AvgIpc) is 3.35. The third-order valence-corrected chi connectivity index (χ3v) is 11.4. The maximum absolute atomic E-state index is 14.5. The second-order valence-electron chi connectivity index (χ2n) is 18.2. The number of phenols is 2. The molecule has 0 aliphatic heterocycles. The number of nitrogens with two attached hydrogens (primary N) is 3. The Balaban J connectivity index is 1.95. The van der Waals surface area contributed by atoms with Crippen LogP contribution in [-0.2, 0) is 72.0 Å². The van der Waals surface area contributed by atoms with Crippen LogP contribution in [0.15, 0.2) is 78.9 Å². The number of carbonyl (C=O) groups is 11. The molecule has 0 aliphatic rings. The van der Waals surface area contributed by atoms with Crippen molar-refractivity contribution in [3.05, 3.63) is 95.6 Å². The second-order valence-corrected chi connectivity index (χ2v) is 18.2. The zero-order chi connectivity index (χ0) is 56.6. The van der Waals surface area contributed by atoms with E-state index >= 15 is 0 Å². The molecule has 3 aromatic carbocycles. The Morgan fingerprint density at radius 3 is 1.32 bits per heavy atom. The van der Waals surface area contributed by atoms with Crippen LogP contribution in [-0.4, -0.2) is 146 Å². The minimum atomic E-state index is -1.79. The first-order valence-corrected chi connectivity index (χ1v) is 24.0. The van der Waals surface area contributed by atoms with Crippen molar-refractivity contribution in [2.45, 2.75) is 120 Å². The highest BCUT2D eigenvalue weighted by atomic mass is 16.4. The van der Waals surface area contributed by atoms with Crippen molar-refractivity contribution in [3.8, 4) is 11.5 Å². The second kappa shape index (κ2) is 30.5. The van der Waals surface area contributed by atoms with Crippen LogP contribution in [0.25, 0.3) is 0 Å². The van der Waals surface area contributed by atoms with Crippen LogP contribution < -0.4 is 54.4 Å². The zero-order valence-corrected chi connectivity index (χ0v) is 41.7. The molecule has 0 heterocycles. The summed E-state index contributed by atoms with van der Waals surface area (Å²) in [7, 11) is 0. The van der Waals surface area contributed by atoms with Gasteiger partial charge in [-0.3, -0.25) is 47.9 Å². The van der Waals surface area contributed by atoms with Gasteiger partial charge in [0.25, 0.3) is 0 Å². The number of carbonyl (C=O) groups excluding carboxylic acids is 9. The van der Waals surface area contributed by atoms with Crippen molar-refractivity contribution in [2.24, 2.45) is 23.1 Å². The number of amides is 9. The molecule has 412 valence electrons. The number of phenolic OH excluding ortho intramolecular Hbond substituents is 2. The minimum Gasteiger partial charge on any atom is -0.508 e. The number of aliphatic carboxylic acids is 2. The number of rotatable bonds is 32. The lowest BCUT2D eigenvalue weighted by molar-refractivity contribution is -0.142. The van der Waals surface area contributed by atoms with E-state index in [0.29, 0.717) is 16.7 Å². The van der Waals surface area contributed by atoms with Crippen molar-refractivity contribution in [1.82, 2.24) is 37.2 Å². The third kappa shape index (κ3) is 21.8. The van der Waals surface area contributed by atoms with E-state index in [0.717, 1.165) is 0 Å². The van der Waals surface area contributed by atoms with Crippen LogP contribution in [0.4, 0.5) is 0 Å². The average molecular weight is 1060 g/mol. The quantitative estimate of drug-likeness (QED) is 0.0296. The van der Waals surface area contributed by atoms with E-state index in [-0.39, 0.29) is 49.5 Å². The first-order valence-electron chi connectivity index (χ1n) is 24.0. The Bertz CT molecular complexity index is 2510. The number of carboxylic acid groups (broad SMARTS) is 2. The smallest absolute Gasteiger partial charge is 0.326 e. The molecule has 3 aromatic rings. The number of aromatic hydroxyl groups is 2. The monoisotopic (exact) mass is 1060 g/mol. The van der Waals surface area contributed by atoms with Crippen molar-refractivity contribution < 1.29 is 78.3 Å². The number of hydrogen-bond acceptors (Lipinski definition) is 15. The van der Waals surface area contributed by atoms with Crippen molar-refractivity contribution in [3.63, 3.8) is 0 Å². The summed E-state index contributed by atoms with van der Waals surface area (Å²) in [6, 6.07) is 6.44. The molecule has 3 rings (SSSR count). The first kappa shape index (κ1) is 61.6. The molecule has 0 aromatic heterocycles. The molecule has 26 heteroatoms. The lowest BCUT2D eigenvalue weighted by atomic mass is 9.99. The summed E-state index contributed by atoms with van der Waals surface area (Å²) in [5.74, 6) is -12.5. The van der Waals surface area contributed by atoms with Crippen molar-refractivity contribution in [2.75, 3.05) is 6.61 Å². The SMILES string of the molecule is CC(C)C[C@H](NC(=O)[C@H](CC(N)=O)NC(=O)[C@@H](N)CCC(=O)O)C(=O)N[C@@H](Cc1ccc(O)cc1)C(=O)N[C@@H](Cc1ccccc1)C(=O)N[C@@H](CCC(N)=O)C(=O)N[C@@H](CO)C(=O)N[C@@H](Cc1ccc(O)cc1)C(=O)O. The summed E-state index contributed by atoms with van der Waals surface area (Å²) >= 11 is 0. The summed E-state index contributed by atoms with van der Waals surface area (Å²) in [6.07, 6.45) is -3.40. The summed E-state index contributed by atoms with van der Waals surface area (Å²) in [5.41, 5.74) is 17.8. The van der Waals surface area contributed by atoms with E-state index < -0.39 is 146 Å². The Kier molecular flexibility index (Phi) is 24.8. The van der Waals surface area contributed by atoms with Crippen LogP contribution in [0.1, 0.15) is 69.1 Å². The fourth-order valence-corrected chi connectivity index (χ4v) is 7.39. The normalized spacial score (nSPS) is 14.1. The van der Waals surface area contributed by atoms with Gasteiger partial charge in [-0.15, -0.1) is 0 Å². The fourth-order valence-electron chi connectivity index (χ4n) is 7.39. The topological polar surface area (TPSA) is 451 Å². The maximum Gasteiger partial charge on any atom is 0.326 e. The van der Waals surface area contributed by atoms with Gasteiger partial charge in [-0.05, 0) is 66.1 Å². The van der Waals surface area contributed by atoms with Crippen LogP contribution in [0.5, 0.6) is 11.5 Å². The number of aliphatic hydroxyl groups is 1. The van der Waals surface area contributed by atoms with Crippen LogP contribution >= 0.6 is 0 Å². The summed E-state index contributed by atoms with van der Waals surface area (Å²) in [4.78, 5) is 144.